The first kappa shape index (κ1) is 41.6. The van der Waals surface area contributed by atoms with Crippen LogP contribution in [-0.2, 0) is 16.1 Å². The number of carbonyl (C=O) groups is 1. The fourth-order valence-corrected chi connectivity index (χ4v) is 14.7. The van der Waals surface area contributed by atoms with Gasteiger partial charge in [0.2, 0.25) is 5.91 Å². The zero-order valence-electron chi connectivity index (χ0n) is 34.7. The van der Waals surface area contributed by atoms with Crippen LogP contribution in [0.1, 0.15) is 75.6 Å². The fourth-order valence-electron chi connectivity index (χ4n) is 9.66. The van der Waals surface area contributed by atoms with Gasteiger partial charge in [0.05, 0.1) is 25.1 Å². The van der Waals surface area contributed by atoms with Crippen LogP contribution in [0.25, 0.3) is 15.2 Å². The lowest BCUT2D eigenvalue weighted by atomic mass is 9.82. The molecule has 2 atom stereocenters. The van der Waals surface area contributed by atoms with E-state index < -0.39 is 42.6 Å². The van der Waals surface area contributed by atoms with E-state index >= 15 is 4.39 Å². The first-order valence-electron chi connectivity index (χ1n) is 20.7. The van der Waals surface area contributed by atoms with Crippen molar-refractivity contribution in [2.24, 2.45) is 5.92 Å². The highest BCUT2D eigenvalue weighted by atomic mass is 32.1. The number of thiophene rings is 1. The zero-order valence-corrected chi connectivity index (χ0v) is 36.5. The molecule has 8 rings (SSSR count). The molecule has 0 unspecified atom stereocenters. The van der Waals surface area contributed by atoms with Gasteiger partial charge in [0, 0.05) is 37.1 Å². The maximum Gasteiger partial charge on any atom is 0.332 e. The van der Waals surface area contributed by atoms with E-state index in [9.17, 15) is 19.2 Å². The van der Waals surface area contributed by atoms with Crippen LogP contribution in [0.2, 0.25) is 5.04 Å². The first-order chi connectivity index (χ1) is 28.8. The Morgan fingerprint density at radius 2 is 1.62 bits per heavy atom. The van der Waals surface area contributed by atoms with E-state index in [1.165, 1.54) is 40.0 Å². The Morgan fingerprint density at radius 1 is 0.950 bits per heavy atom. The average molecular weight is 850 g/mol. The van der Waals surface area contributed by atoms with Gasteiger partial charge >= 0.3 is 5.69 Å². The summed E-state index contributed by atoms with van der Waals surface area (Å²) in [6, 6.07) is 25.3. The number of aryl methyl sites for hydroxylation is 1. The molecule has 1 saturated heterocycles. The summed E-state index contributed by atoms with van der Waals surface area (Å²) in [5.74, 6) is -0.0360. The zero-order chi connectivity index (χ0) is 42.3. The minimum absolute atomic E-state index is 0.0651. The molecular formula is C46H52FN5O6SSi. The van der Waals surface area contributed by atoms with Crippen molar-refractivity contribution in [3.63, 3.8) is 0 Å². The number of likely N-dealkylation sites (tertiary alicyclic amines) is 1. The Kier molecular flexibility index (Phi) is 11.6. The van der Waals surface area contributed by atoms with Crippen LogP contribution in [0.4, 0.5) is 4.39 Å². The Balaban J connectivity index is 1.13. The minimum atomic E-state index is -3.20. The summed E-state index contributed by atoms with van der Waals surface area (Å²) >= 11 is 1.27. The van der Waals surface area contributed by atoms with Gasteiger partial charge in [-0.25, -0.2) is 18.4 Å². The van der Waals surface area contributed by atoms with E-state index in [2.05, 4.69) is 43.2 Å². The molecule has 1 N–H and O–H groups in total. The predicted molar refractivity (Wildman–Crippen MR) is 235 cm³/mol. The van der Waals surface area contributed by atoms with Crippen LogP contribution in [0.5, 0.6) is 5.75 Å². The SMILES string of the molecule is COc1ccc(F)cc1[C@H](Cn1c(=O)n([C@H]2CCN(C)C2=O)c(=O)c2c(C)c(-n3cccn3)sc21)OC1CCC(CC(C)(C)[Si](O)(c2ccccc2)c2ccccc2)CC1. The van der Waals surface area contributed by atoms with Crippen molar-refractivity contribution in [2.45, 2.75) is 89.1 Å². The highest BCUT2D eigenvalue weighted by molar-refractivity contribution is 7.21. The molecule has 0 bridgehead atoms. The van der Waals surface area contributed by atoms with E-state index in [1.54, 1.807) is 36.3 Å². The smallest absolute Gasteiger partial charge is 0.332 e. The summed E-state index contributed by atoms with van der Waals surface area (Å²) in [7, 11) is -0.0171. The molecule has 1 aliphatic carbocycles. The number of fused-ring (bicyclic) bond motifs is 1. The van der Waals surface area contributed by atoms with E-state index in [0.717, 1.165) is 47.0 Å². The summed E-state index contributed by atoms with van der Waals surface area (Å²) < 4.78 is 32.2. The van der Waals surface area contributed by atoms with Crippen LogP contribution in [0.15, 0.2) is 107 Å². The molecular weight excluding hydrogens is 798 g/mol. The molecule has 314 valence electrons. The Labute approximate surface area is 353 Å². The number of aromatic nitrogens is 4. The molecule has 2 aliphatic rings. The molecule has 14 heteroatoms. The van der Waals surface area contributed by atoms with Gasteiger partial charge in [-0.05, 0) is 91.0 Å². The summed E-state index contributed by atoms with van der Waals surface area (Å²) in [4.78, 5) is 57.3. The Hall–Kier alpha value is -5.15. The van der Waals surface area contributed by atoms with Crippen molar-refractivity contribution in [1.82, 2.24) is 23.8 Å². The molecule has 0 spiro atoms. The van der Waals surface area contributed by atoms with E-state index in [1.807, 2.05) is 43.3 Å². The first-order valence-corrected chi connectivity index (χ1v) is 23.4. The van der Waals surface area contributed by atoms with Crippen LogP contribution < -0.4 is 26.4 Å². The monoisotopic (exact) mass is 849 g/mol. The number of amides is 1. The third kappa shape index (κ3) is 7.48. The molecule has 1 aliphatic heterocycles. The number of halogens is 1. The maximum absolute atomic E-state index is 15.2. The molecule has 2 fully saturated rings. The van der Waals surface area contributed by atoms with E-state index in [4.69, 9.17) is 9.47 Å². The average Bonchev–Trinajstić information content (AvgIpc) is 3.99. The largest absolute Gasteiger partial charge is 0.496 e. The number of hydrogen-bond donors (Lipinski definition) is 1. The van der Waals surface area contributed by atoms with E-state index in [-0.39, 0.29) is 18.6 Å². The molecule has 3 aromatic carbocycles. The van der Waals surface area contributed by atoms with Gasteiger partial charge in [-0.1, -0.05) is 85.8 Å². The second-order valence-electron chi connectivity index (χ2n) is 17.0. The maximum atomic E-state index is 15.2. The number of methoxy groups -OCH3 is 1. The third-order valence-corrected chi connectivity index (χ3v) is 18.6. The molecule has 4 heterocycles. The number of likely N-dealkylation sites (N-methyl/N-ethyl adjacent to an activating group) is 1. The normalized spacial score (nSPS) is 19.3. The van der Waals surface area contributed by atoms with Gasteiger partial charge in [0.25, 0.3) is 13.9 Å². The van der Waals surface area contributed by atoms with Crippen molar-refractivity contribution in [2.75, 3.05) is 20.7 Å². The van der Waals surface area contributed by atoms with Crippen LogP contribution in [0, 0.1) is 18.7 Å². The highest BCUT2D eigenvalue weighted by Crippen LogP contribution is 2.46. The van der Waals surface area contributed by atoms with Crippen LogP contribution >= 0.6 is 11.3 Å². The van der Waals surface area contributed by atoms with Gasteiger partial charge in [0.15, 0.2) is 0 Å². The number of ether oxygens (including phenoxy) is 2. The lowest BCUT2D eigenvalue weighted by Crippen LogP contribution is -2.65. The number of benzene rings is 3. The molecule has 1 saturated carbocycles. The minimum Gasteiger partial charge on any atom is -0.496 e. The van der Waals surface area contributed by atoms with Crippen molar-refractivity contribution < 1.29 is 23.5 Å². The molecule has 3 aromatic heterocycles. The number of nitrogens with zero attached hydrogens (tertiary/aromatic N) is 5. The molecule has 0 radical (unpaired) electrons. The Morgan fingerprint density at radius 3 is 2.20 bits per heavy atom. The summed E-state index contributed by atoms with van der Waals surface area (Å²) in [6.45, 7) is 6.58. The molecule has 6 aromatic rings. The predicted octanol–water partition coefficient (Wildman–Crippen LogP) is 6.51. The lowest BCUT2D eigenvalue weighted by Gasteiger charge is -2.44. The molecule has 1 amide bonds. The van der Waals surface area contributed by atoms with E-state index in [0.29, 0.717) is 51.0 Å². The van der Waals surface area contributed by atoms with Crippen molar-refractivity contribution in [3.8, 4) is 10.8 Å². The molecule has 60 heavy (non-hydrogen) atoms. The lowest BCUT2D eigenvalue weighted by molar-refractivity contribution is -0.129. The van der Waals surface area contributed by atoms with Crippen LogP contribution in [0.3, 0.4) is 0 Å². The second kappa shape index (κ2) is 16.7. The number of hydrogen-bond acceptors (Lipinski definition) is 8. The van der Waals surface area contributed by atoms with Crippen molar-refractivity contribution in [3.05, 3.63) is 135 Å². The Bertz CT molecular complexity index is 2560. The molecule has 11 nitrogen and oxygen atoms in total. The van der Waals surface area contributed by atoms with Gasteiger partial charge < -0.3 is 19.2 Å². The fraction of sp³-hybridized carbons (Fsp3) is 0.391. The van der Waals surface area contributed by atoms with Crippen molar-refractivity contribution >= 4 is 46.2 Å². The summed E-state index contributed by atoms with van der Waals surface area (Å²) in [6.07, 6.45) is 6.65. The van der Waals surface area contributed by atoms with Gasteiger partial charge in [-0.3, -0.25) is 14.2 Å². The van der Waals surface area contributed by atoms with Gasteiger partial charge in [0.1, 0.15) is 33.5 Å². The topological polar surface area (TPSA) is 121 Å². The number of rotatable bonds is 13. The standard InChI is InChI=1S/C46H52FN5O6SSi/c1-30-40-42(54)52(37-23-26-49(4)41(37)53)45(55)50(44(40)59-43(30)51-25-12-24-48-51)29-39(36-27-32(47)19-22-38(36)57-5)58-33-20-17-31(18-21-33)28-46(2,3)60(56,34-13-8-6-9-14-34)35-15-10-7-11-16-35/h6-16,19,22,24-25,27,31,33,37,39,56H,17-18,20-21,23,26,28-29H2,1-5H3/t31?,33?,37-,39-/m0/s1. The van der Waals surface area contributed by atoms with Gasteiger partial charge in [-0.2, -0.15) is 5.10 Å². The second-order valence-corrected chi connectivity index (χ2v) is 21.9. The summed E-state index contributed by atoms with van der Waals surface area (Å²) in [5, 5.41) is 6.99. The third-order valence-electron chi connectivity index (χ3n) is 12.8. The quantitative estimate of drug-likeness (QED) is 0.132. The highest BCUT2D eigenvalue weighted by Gasteiger charge is 2.51. The van der Waals surface area contributed by atoms with Gasteiger partial charge in [-0.15, -0.1) is 0 Å². The van der Waals surface area contributed by atoms with Crippen molar-refractivity contribution in [1.29, 1.82) is 0 Å². The summed E-state index contributed by atoms with van der Waals surface area (Å²) in [5.41, 5.74) is -0.0689. The number of carbonyl (C=O) groups excluding carboxylic acids is 1. The van der Waals surface area contributed by atoms with Crippen LogP contribution in [-0.4, -0.2) is 69.6 Å².